The number of carbonyl (C=O) groups is 1. The molecule has 2 aromatic heterocycles. The maximum Gasteiger partial charge on any atom is 0.228 e. The Morgan fingerprint density at radius 1 is 1.26 bits per heavy atom. The van der Waals surface area contributed by atoms with Gasteiger partial charge in [-0.3, -0.25) is 9.78 Å². The van der Waals surface area contributed by atoms with Gasteiger partial charge < -0.3 is 5.32 Å². The molecule has 136 valence electrons. The van der Waals surface area contributed by atoms with Crippen molar-refractivity contribution in [2.24, 2.45) is 5.92 Å². The van der Waals surface area contributed by atoms with Crippen LogP contribution in [-0.2, 0) is 11.2 Å². The van der Waals surface area contributed by atoms with Crippen LogP contribution >= 0.6 is 23.1 Å². The highest BCUT2D eigenvalue weighted by atomic mass is 32.2. The number of allylic oxidation sites excluding steroid dienone is 2. The Hall–Kier alpha value is -2.37. The monoisotopic (exact) mass is 392 g/mol. The molecule has 1 aromatic carbocycles. The number of nitrogens with zero attached hydrogens (tertiary/aromatic N) is 1. The summed E-state index contributed by atoms with van der Waals surface area (Å²) in [6, 6.07) is 9.96. The molecule has 5 heteroatoms. The zero-order chi connectivity index (χ0) is 18.6. The Kier molecular flexibility index (Phi) is 5.41. The number of fused-ring (bicyclic) bond motifs is 1. The number of amides is 1. The van der Waals surface area contributed by atoms with Crippen LogP contribution < -0.4 is 5.32 Å². The van der Waals surface area contributed by atoms with Crippen LogP contribution in [0.2, 0.25) is 0 Å². The van der Waals surface area contributed by atoms with Crippen LogP contribution in [0.15, 0.2) is 65.7 Å². The molecule has 3 heterocycles. The Bertz CT molecular complexity index is 1030. The van der Waals surface area contributed by atoms with Gasteiger partial charge in [0.25, 0.3) is 0 Å². The first-order valence-electron chi connectivity index (χ1n) is 8.99. The summed E-state index contributed by atoms with van der Waals surface area (Å²) in [4.78, 5) is 19.2. The fourth-order valence-corrected chi connectivity index (χ4v) is 5.15. The zero-order valence-corrected chi connectivity index (χ0v) is 16.6. The number of thiophene rings is 1. The second-order valence-corrected chi connectivity index (χ2v) is 8.32. The molecule has 0 aliphatic carbocycles. The first kappa shape index (κ1) is 18.0. The molecule has 1 atom stereocenters. The highest BCUT2D eigenvalue weighted by Crippen LogP contribution is 2.41. The van der Waals surface area contributed by atoms with E-state index in [1.165, 1.54) is 4.91 Å². The van der Waals surface area contributed by atoms with E-state index in [0.29, 0.717) is 12.3 Å². The van der Waals surface area contributed by atoms with Crippen LogP contribution in [-0.4, -0.2) is 10.9 Å². The van der Waals surface area contributed by atoms with Crippen LogP contribution in [0.3, 0.4) is 0 Å². The van der Waals surface area contributed by atoms with Gasteiger partial charge >= 0.3 is 0 Å². The maximum absolute atomic E-state index is 12.7. The van der Waals surface area contributed by atoms with Crippen LogP contribution in [0.1, 0.15) is 23.8 Å². The van der Waals surface area contributed by atoms with Crippen molar-refractivity contribution < 1.29 is 4.79 Å². The van der Waals surface area contributed by atoms with E-state index in [9.17, 15) is 4.79 Å². The molecule has 0 fully saturated rings. The molecule has 0 saturated carbocycles. The van der Waals surface area contributed by atoms with Crippen molar-refractivity contribution in [3.05, 3.63) is 76.1 Å². The average Bonchev–Trinajstić information content (AvgIpc) is 3.16. The molecule has 1 aliphatic heterocycles. The van der Waals surface area contributed by atoms with Gasteiger partial charge in [-0.05, 0) is 46.2 Å². The fourth-order valence-electron chi connectivity index (χ4n) is 3.20. The summed E-state index contributed by atoms with van der Waals surface area (Å²) >= 11 is 3.39. The quantitative estimate of drug-likeness (QED) is 0.570. The number of hydrogen-bond donors (Lipinski definition) is 1. The lowest BCUT2D eigenvalue weighted by molar-refractivity contribution is -0.115. The van der Waals surface area contributed by atoms with Gasteiger partial charge in [-0.1, -0.05) is 49.0 Å². The minimum atomic E-state index is 0.00274. The van der Waals surface area contributed by atoms with Crippen molar-refractivity contribution in [1.29, 1.82) is 0 Å². The van der Waals surface area contributed by atoms with Gasteiger partial charge in [-0.25, -0.2) is 0 Å². The fraction of sp³-hybridized carbons (Fsp3) is 0.182. The molecule has 0 spiro atoms. The van der Waals surface area contributed by atoms with Crippen LogP contribution in [0.4, 0.5) is 5.69 Å². The molecule has 1 N–H and O–H groups in total. The van der Waals surface area contributed by atoms with Crippen LogP contribution in [0, 0.1) is 5.92 Å². The van der Waals surface area contributed by atoms with Crippen molar-refractivity contribution in [1.82, 2.24) is 4.98 Å². The lowest BCUT2D eigenvalue weighted by atomic mass is 10.0. The van der Waals surface area contributed by atoms with Gasteiger partial charge in [-0.15, -0.1) is 11.3 Å². The van der Waals surface area contributed by atoms with Crippen molar-refractivity contribution in [3.8, 4) is 0 Å². The predicted molar refractivity (Wildman–Crippen MR) is 117 cm³/mol. The number of thioether (sulfide) groups is 1. The third kappa shape index (κ3) is 3.99. The summed E-state index contributed by atoms with van der Waals surface area (Å²) in [6.45, 7) is 2.19. The molecule has 0 bridgehead atoms. The third-order valence-electron chi connectivity index (χ3n) is 4.64. The lowest BCUT2D eigenvalue weighted by Gasteiger charge is -2.15. The minimum Gasteiger partial charge on any atom is -0.324 e. The Balaban J connectivity index is 1.53. The number of nitrogens with one attached hydrogen (secondary N) is 1. The smallest absolute Gasteiger partial charge is 0.228 e. The molecular formula is C22H20N2OS2. The number of aromatic nitrogens is 1. The Labute approximate surface area is 167 Å². The number of hydrogen-bond acceptors (Lipinski definition) is 4. The van der Waals surface area contributed by atoms with E-state index in [-0.39, 0.29) is 5.91 Å². The highest BCUT2D eigenvalue weighted by Gasteiger charge is 2.16. The molecule has 1 aliphatic rings. The molecule has 1 unspecified atom stereocenters. The van der Waals surface area contributed by atoms with Gasteiger partial charge in [0.05, 0.1) is 17.0 Å². The van der Waals surface area contributed by atoms with E-state index in [1.807, 2.05) is 41.9 Å². The average molecular weight is 393 g/mol. The Morgan fingerprint density at radius 2 is 2.19 bits per heavy atom. The first-order chi connectivity index (χ1) is 13.2. The van der Waals surface area contributed by atoms with E-state index in [4.69, 9.17) is 0 Å². The molecule has 4 rings (SSSR count). The van der Waals surface area contributed by atoms with Crippen molar-refractivity contribution in [2.75, 3.05) is 5.32 Å². The van der Waals surface area contributed by atoms with Crippen molar-refractivity contribution in [2.45, 2.75) is 19.8 Å². The maximum atomic E-state index is 12.7. The first-order valence-corrected chi connectivity index (χ1v) is 10.7. The third-order valence-corrected chi connectivity index (χ3v) is 6.61. The number of anilines is 1. The molecule has 0 radical (unpaired) electrons. The number of rotatable bonds is 5. The predicted octanol–water partition coefficient (Wildman–Crippen LogP) is 6.11. The molecule has 3 nitrogen and oxygen atoms in total. The Morgan fingerprint density at radius 3 is 3.07 bits per heavy atom. The van der Waals surface area contributed by atoms with Crippen LogP contribution in [0.25, 0.3) is 15.7 Å². The zero-order valence-electron chi connectivity index (χ0n) is 15.0. The molecule has 0 saturated heterocycles. The second-order valence-electron chi connectivity index (χ2n) is 6.45. The van der Waals surface area contributed by atoms with Crippen LogP contribution in [0.5, 0.6) is 0 Å². The van der Waals surface area contributed by atoms with E-state index in [2.05, 4.69) is 34.8 Å². The second kappa shape index (κ2) is 8.11. The normalized spacial score (nSPS) is 16.3. The summed E-state index contributed by atoms with van der Waals surface area (Å²) in [6.07, 6.45) is 9.56. The number of benzene rings is 1. The van der Waals surface area contributed by atoms with Gasteiger partial charge in [0.1, 0.15) is 0 Å². The van der Waals surface area contributed by atoms with E-state index >= 15 is 0 Å². The molecule has 3 aromatic rings. The van der Waals surface area contributed by atoms with Crippen molar-refractivity contribution in [3.63, 3.8) is 0 Å². The largest absolute Gasteiger partial charge is 0.324 e. The topological polar surface area (TPSA) is 42.0 Å². The number of pyridine rings is 1. The van der Waals surface area contributed by atoms with E-state index in [1.54, 1.807) is 29.3 Å². The summed E-state index contributed by atoms with van der Waals surface area (Å²) in [5.41, 5.74) is 1.92. The summed E-state index contributed by atoms with van der Waals surface area (Å²) in [5, 5.41) is 9.43. The summed E-state index contributed by atoms with van der Waals surface area (Å²) < 4.78 is 0. The SMILES string of the molecule is CCC1C=CSC(c2sccc2NC(=O)Cc2cccc3cnccc23)=C1. The highest BCUT2D eigenvalue weighted by molar-refractivity contribution is 8.11. The standard InChI is InChI=1S/C22H20N2OS2/c1-2-15-7-10-26-20(12-15)22-19(8-11-27-22)24-21(25)13-16-4-3-5-17-14-23-9-6-18(16)17/h3-12,14-15H,2,13H2,1H3,(H,24,25). The van der Waals surface area contributed by atoms with Crippen molar-refractivity contribution >= 4 is 50.4 Å². The van der Waals surface area contributed by atoms with Gasteiger partial charge in [0.2, 0.25) is 5.91 Å². The van der Waals surface area contributed by atoms with Gasteiger partial charge in [0.15, 0.2) is 0 Å². The molecule has 1 amide bonds. The summed E-state index contributed by atoms with van der Waals surface area (Å²) in [7, 11) is 0. The van der Waals surface area contributed by atoms with E-state index < -0.39 is 0 Å². The lowest BCUT2D eigenvalue weighted by Crippen LogP contribution is -2.15. The van der Waals surface area contributed by atoms with E-state index in [0.717, 1.165) is 33.3 Å². The van der Waals surface area contributed by atoms with Gasteiger partial charge in [-0.2, -0.15) is 0 Å². The minimum absolute atomic E-state index is 0.00274. The van der Waals surface area contributed by atoms with Gasteiger partial charge in [0, 0.05) is 22.7 Å². The summed E-state index contributed by atoms with van der Waals surface area (Å²) in [5.74, 6) is 0.471. The molecular weight excluding hydrogens is 372 g/mol. The molecule has 27 heavy (non-hydrogen) atoms. The number of carbonyl (C=O) groups excluding carboxylic acids is 1.